The van der Waals surface area contributed by atoms with Crippen LogP contribution in [0.4, 0.5) is 13.2 Å². The lowest BCUT2D eigenvalue weighted by molar-refractivity contribution is -0.137. The Labute approximate surface area is 180 Å². The third-order valence-corrected chi connectivity index (χ3v) is 4.52. The lowest BCUT2D eigenvalue weighted by atomic mass is 10.1. The maximum Gasteiger partial charge on any atom is 0.416 e. The van der Waals surface area contributed by atoms with Crippen molar-refractivity contribution in [2.24, 2.45) is 4.99 Å². The van der Waals surface area contributed by atoms with Gasteiger partial charge in [-0.3, -0.25) is 0 Å². The molecule has 0 saturated carbocycles. The van der Waals surface area contributed by atoms with Gasteiger partial charge in [0.25, 0.3) is 0 Å². The highest BCUT2D eigenvalue weighted by Crippen LogP contribution is 2.39. The van der Waals surface area contributed by atoms with Crippen molar-refractivity contribution in [3.05, 3.63) is 53.1 Å². The maximum absolute atomic E-state index is 12.7. The third kappa shape index (κ3) is 6.70. The van der Waals surface area contributed by atoms with Gasteiger partial charge in [0.1, 0.15) is 0 Å². The van der Waals surface area contributed by atoms with Crippen molar-refractivity contribution < 1.29 is 27.4 Å². The molecule has 170 valence electrons. The Morgan fingerprint density at radius 1 is 0.903 bits per heavy atom. The second-order valence-corrected chi connectivity index (χ2v) is 6.56. The fourth-order valence-corrected chi connectivity index (χ4v) is 2.99. The third-order valence-electron chi connectivity index (χ3n) is 4.52. The Kier molecular flexibility index (Phi) is 8.84. The van der Waals surface area contributed by atoms with E-state index in [0.717, 1.165) is 17.7 Å². The monoisotopic (exact) mass is 439 g/mol. The normalized spacial score (nSPS) is 11.8. The number of rotatable bonds is 9. The molecular weight excluding hydrogens is 411 g/mol. The minimum absolute atomic E-state index is 0.257. The van der Waals surface area contributed by atoms with Crippen molar-refractivity contribution in [1.29, 1.82) is 0 Å². The van der Waals surface area contributed by atoms with Crippen LogP contribution >= 0.6 is 0 Å². The molecule has 0 aliphatic carbocycles. The Bertz CT molecular complexity index is 869. The molecule has 0 spiro atoms. The molecule has 31 heavy (non-hydrogen) atoms. The Balaban J connectivity index is 2.03. The summed E-state index contributed by atoms with van der Waals surface area (Å²) in [4.78, 5) is 4.45. The first-order chi connectivity index (χ1) is 14.8. The second-order valence-electron chi connectivity index (χ2n) is 6.56. The van der Waals surface area contributed by atoms with Crippen LogP contribution in [0, 0.1) is 0 Å². The van der Waals surface area contributed by atoms with E-state index in [9.17, 15) is 13.2 Å². The van der Waals surface area contributed by atoms with E-state index in [4.69, 9.17) is 14.2 Å². The smallest absolute Gasteiger partial charge is 0.416 e. The van der Waals surface area contributed by atoms with Crippen molar-refractivity contribution in [3.63, 3.8) is 0 Å². The fraction of sp³-hybridized carbons (Fsp3) is 0.409. The number of halogens is 3. The van der Waals surface area contributed by atoms with Crippen molar-refractivity contribution in [1.82, 2.24) is 10.6 Å². The number of nitrogens with one attached hydrogen (secondary N) is 2. The standard InChI is InChI=1S/C22H28F3N3O3/c1-5-26-21(28-14-15-6-9-17(10-7-15)22(23,24)25)27-13-12-16-8-11-18(29-2)20(31-4)19(16)30-3/h6-11H,5,12-14H2,1-4H3,(H2,26,27,28). The van der Waals surface area contributed by atoms with E-state index in [1.165, 1.54) is 12.1 Å². The van der Waals surface area contributed by atoms with Gasteiger partial charge in [0.05, 0.1) is 33.4 Å². The lowest BCUT2D eigenvalue weighted by Gasteiger charge is -2.16. The lowest BCUT2D eigenvalue weighted by Crippen LogP contribution is -2.38. The number of alkyl halides is 3. The summed E-state index contributed by atoms with van der Waals surface area (Å²) in [5, 5.41) is 6.35. The van der Waals surface area contributed by atoms with Crippen molar-refractivity contribution in [3.8, 4) is 17.2 Å². The highest BCUT2D eigenvalue weighted by molar-refractivity contribution is 5.79. The Morgan fingerprint density at radius 3 is 2.13 bits per heavy atom. The molecule has 0 atom stereocenters. The number of hydrogen-bond donors (Lipinski definition) is 2. The molecule has 0 bridgehead atoms. The molecule has 0 heterocycles. The van der Waals surface area contributed by atoms with Gasteiger partial charge in [0.15, 0.2) is 17.5 Å². The molecule has 2 N–H and O–H groups in total. The molecule has 9 heteroatoms. The minimum atomic E-state index is -4.34. The van der Waals surface area contributed by atoms with Crippen LogP contribution in [0.25, 0.3) is 0 Å². The first-order valence-corrected chi connectivity index (χ1v) is 9.80. The number of nitrogens with zero attached hydrogens (tertiary/aromatic N) is 1. The van der Waals surface area contributed by atoms with Gasteiger partial charge < -0.3 is 24.8 Å². The van der Waals surface area contributed by atoms with Gasteiger partial charge >= 0.3 is 6.18 Å². The van der Waals surface area contributed by atoms with Crippen molar-refractivity contribution in [2.75, 3.05) is 34.4 Å². The van der Waals surface area contributed by atoms with Gasteiger partial charge in [0, 0.05) is 18.7 Å². The second kappa shape index (κ2) is 11.3. The Hall–Kier alpha value is -3.10. The Morgan fingerprint density at radius 2 is 1.58 bits per heavy atom. The van der Waals surface area contributed by atoms with Crippen LogP contribution in [-0.4, -0.2) is 40.4 Å². The molecule has 0 radical (unpaired) electrons. The van der Waals surface area contributed by atoms with Gasteiger partial charge in [-0.05, 0) is 37.1 Å². The summed E-state index contributed by atoms with van der Waals surface area (Å²) >= 11 is 0. The van der Waals surface area contributed by atoms with E-state index >= 15 is 0 Å². The molecule has 2 aromatic rings. The largest absolute Gasteiger partial charge is 0.493 e. The average molecular weight is 439 g/mol. The average Bonchev–Trinajstić information content (AvgIpc) is 2.76. The number of benzene rings is 2. The number of methoxy groups -OCH3 is 3. The molecule has 0 amide bonds. The first-order valence-electron chi connectivity index (χ1n) is 9.80. The van der Waals surface area contributed by atoms with Gasteiger partial charge in [-0.2, -0.15) is 13.2 Å². The van der Waals surface area contributed by atoms with E-state index in [-0.39, 0.29) is 6.54 Å². The summed E-state index contributed by atoms with van der Waals surface area (Å²) in [6.07, 6.45) is -3.71. The van der Waals surface area contributed by atoms with Gasteiger partial charge in [-0.15, -0.1) is 0 Å². The van der Waals surface area contributed by atoms with Crippen LogP contribution in [0.5, 0.6) is 17.2 Å². The zero-order valence-corrected chi connectivity index (χ0v) is 18.1. The summed E-state index contributed by atoms with van der Waals surface area (Å²) in [5.41, 5.74) is 0.951. The van der Waals surface area contributed by atoms with Crippen LogP contribution in [0.15, 0.2) is 41.4 Å². The van der Waals surface area contributed by atoms with E-state index in [2.05, 4.69) is 15.6 Å². The predicted octanol–water partition coefficient (Wildman–Crippen LogP) is 4.03. The topological polar surface area (TPSA) is 64.1 Å². The van der Waals surface area contributed by atoms with E-state index in [0.29, 0.717) is 48.3 Å². The highest BCUT2D eigenvalue weighted by atomic mass is 19.4. The molecule has 0 aliphatic rings. The molecule has 2 rings (SSSR count). The van der Waals surface area contributed by atoms with E-state index in [1.807, 2.05) is 19.1 Å². The summed E-state index contributed by atoms with van der Waals surface area (Å²) in [6.45, 7) is 3.41. The molecule has 0 unspecified atom stereocenters. The number of hydrogen-bond acceptors (Lipinski definition) is 4. The molecular formula is C22H28F3N3O3. The molecule has 6 nitrogen and oxygen atoms in total. The maximum atomic E-state index is 12.7. The molecule has 2 aromatic carbocycles. The van der Waals surface area contributed by atoms with Crippen LogP contribution in [0.3, 0.4) is 0 Å². The molecule has 0 saturated heterocycles. The predicted molar refractivity (Wildman–Crippen MR) is 114 cm³/mol. The highest BCUT2D eigenvalue weighted by Gasteiger charge is 2.29. The number of guanidine groups is 1. The first kappa shape index (κ1) is 24.2. The minimum Gasteiger partial charge on any atom is -0.493 e. The van der Waals surface area contributed by atoms with E-state index in [1.54, 1.807) is 21.3 Å². The fourth-order valence-electron chi connectivity index (χ4n) is 2.99. The zero-order chi connectivity index (χ0) is 22.9. The number of ether oxygens (including phenoxy) is 3. The molecule has 0 aromatic heterocycles. The summed E-state index contributed by atoms with van der Waals surface area (Å²) < 4.78 is 54.3. The van der Waals surface area contributed by atoms with Crippen LogP contribution in [0.1, 0.15) is 23.6 Å². The number of aliphatic imine (C=N–C) groups is 1. The zero-order valence-electron chi connectivity index (χ0n) is 18.1. The van der Waals surface area contributed by atoms with Gasteiger partial charge in [-0.25, -0.2) is 4.99 Å². The van der Waals surface area contributed by atoms with Crippen LogP contribution < -0.4 is 24.8 Å². The van der Waals surface area contributed by atoms with Gasteiger partial charge in [-0.1, -0.05) is 18.2 Å². The van der Waals surface area contributed by atoms with Crippen molar-refractivity contribution in [2.45, 2.75) is 26.1 Å². The van der Waals surface area contributed by atoms with Crippen LogP contribution in [0.2, 0.25) is 0 Å². The summed E-state index contributed by atoms with van der Waals surface area (Å²) in [6, 6.07) is 8.73. The van der Waals surface area contributed by atoms with Gasteiger partial charge in [0.2, 0.25) is 5.75 Å². The van der Waals surface area contributed by atoms with E-state index < -0.39 is 11.7 Å². The summed E-state index contributed by atoms with van der Waals surface area (Å²) in [7, 11) is 4.69. The quantitative estimate of drug-likeness (QED) is 0.456. The van der Waals surface area contributed by atoms with Crippen molar-refractivity contribution >= 4 is 5.96 Å². The van der Waals surface area contributed by atoms with Crippen LogP contribution in [-0.2, 0) is 19.1 Å². The summed E-state index contributed by atoms with van der Waals surface area (Å²) in [5.74, 6) is 2.30. The molecule has 0 fully saturated rings. The molecule has 0 aliphatic heterocycles. The SMILES string of the molecule is CCNC(=NCc1ccc(C(F)(F)F)cc1)NCCc1ccc(OC)c(OC)c1OC.